The molecule has 2 amide bonds. The summed E-state index contributed by atoms with van der Waals surface area (Å²) in [5, 5.41) is 0. The second-order valence-electron chi connectivity index (χ2n) is 8.64. The Bertz CT molecular complexity index is 1040. The lowest BCUT2D eigenvalue weighted by atomic mass is 10.2. The van der Waals surface area contributed by atoms with E-state index in [0.717, 1.165) is 26.2 Å². The quantitative estimate of drug-likeness (QED) is 0.605. The summed E-state index contributed by atoms with van der Waals surface area (Å²) in [6.45, 7) is 5.65. The Morgan fingerprint density at radius 2 is 0.882 bits per heavy atom. The third kappa shape index (κ3) is 4.73. The van der Waals surface area contributed by atoms with Crippen molar-refractivity contribution in [3.8, 4) is 0 Å². The van der Waals surface area contributed by atoms with Gasteiger partial charge in [-0.15, -0.1) is 0 Å². The number of para-hydroxylation sites is 2. The van der Waals surface area contributed by atoms with Crippen LogP contribution < -0.4 is 9.80 Å². The van der Waals surface area contributed by atoms with E-state index < -0.39 is 0 Å². The number of nitrogens with zero attached hydrogens (tertiary/aromatic N) is 5. The Hall–Kier alpha value is -3.87. The number of carbonyl (C=O) groups is 2. The van der Waals surface area contributed by atoms with Crippen LogP contribution in [0.15, 0.2) is 78.9 Å². The molecule has 0 radical (unpaired) electrons. The first-order chi connectivity index (χ1) is 16.7. The van der Waals surface area contributed by atoms with Gasteiger partial charge in [0.25, 0.3) is 11.8 Å². The van der Waals surface area contributed by atoms with Crippen molar-refractivity contribution in [3.63, 3.8) is 0 Å². The molecule has 5 rings (SSSR count). The van der Waals surface area contributed by atoms with Crippen LogP contribution in [0.3, 0.4) is 0 Å². The largest absolute Gasteiger partial charge is 0.368 e. The smallest absolute Gasteiger partial charge is 0.272 e. The fourth-order valence-corrected chi connectivity index (χ4v) is 4.61. The highest BCUT2D eigenvalue weighted by Crippen LogP contribution is 2.18. The minimum absolute atomic E-state index is 0.115. The van der Waals surface area contributed by atoms with Crippen LogP contribution in [0.4, 0.5) is 11.4 Å². The molecule has 2 aliphatic heterocycles. The molecule has 0 spiro atoms. The first-order valence-corrected chi connectivity index (χ1v) is 11.8. The lowest BCUT2D eigenvalue weighted by molar-refractivity contribution is 0.0733. The summed E-state index contributed by atoms with van der Waals surface area (Å²) < 4.78 is 0. The van der Waals surface area contributed by atoms with Gasteiger partial charge in [-0.05, 0) is 36.4 Å². The van der Waals surface area contributed by atoms with Crippen LogP contribution in [0.25, 0.3) is 0 Å². The zero-order chi connectivity index (χ0) is 23.3. The van der Waals surface area contributed by atoms with Gasteiger partial charge in [-0.25, -0.2) is 4.98 Å². The fourth-order valence-electron chi connectivity index (χ4n) is 4.61. The molecule has 0 bridgehead atoms. The number of amides is 2. The zero-order valence-electron chi connectivity index (χ0n) is 19.2. The highest BCUT2D eigenvalue weighted by molar-refractivity contribution is 5.96. The van der Waals surface area contributed by atoms with Crippen LogP contribution in [0.1, 0.15) is 21.0 Å². The van der Waals surface area contributed by atoms with E-state index in [1.807, 2.05) is 46.2 Å². The standard InChI is InChI=1S/C27H29N5O2/c33-26(31-18-14-29(15-19-31)22-8-3-1-4-9-22)24-12-7-13-25(28-24)27(34)32-20-16-30(17-21-32)23-10-5-2-6-11-23/h1-13H,14-21H2. The molecule has 7 heteroatoms. The summed E-state index contributed by atoms with van der Waals surface area (Å²) in [6.07, 6.45) is 0. The highest BCUT2D eigenvalue weighted by atomic mass is 16.2. The van der Waals surface area contributed by atoms with Crippen LogP contribution in [-0.4, -0.2) is 79.0 Å². The van der Waals surface area contributed by atoms with Gasteiger partial charge in [-0.1, -0.05) is 42.5 Å². The van der Waals surface area contributed by atoms with Gasteiger partial charge in [0, 0.05) is 63.7 Å². The van der Waals surface area contributed by atoms with E-state index in [4.69, 9.17) is 0 Å². The Kier molecular flexibility index (Phi) is 6.42. The molecule has 2 fully saturated rings. The summed E-state index contributed by atoms with van der Waals surface area (Å²) in [5.41, 5.74) is 3.02. The van der Waals surface area contributed by atoms with E-state index in [9.17, 15) is 9.59 Å². The maximum atomic E-state index is 13.1. The van der Waals surface area contributed by atoms with Crippen LogP contribution in [0.2, 0.25) is 0 Å². The lowest BCUT2D eigenvalue weighted by Crippen LogP contribution is -2.49. The minimum atomic E-state index is -0.115. The number of anilines is 2. The molecule has 3 heterocycles. The Morgan fingerprint density at radius 1 is 0.500 bits per heavy atom. The lowest BCUT2D eigenvalue weighted by Gasteiger charge is -2.36. The van der Waals surface area contributed by atoms with Gasteiger partial charge in [0.05, 0.1) is 0 Å². The molecule has 3 aromatic rings. The number of piperazine rings is 2. The van der Waals surface area contributed by atoms with Crippen molar-refractivity contribution in [3.05, 3.63) is 90.3 Å². The normalized spacial score (nSPS) is 16.5. The second kappa shape index (κ2) is 9.95. The molecular weight excluding hydrogens is 426 g/mol. The predicted octanol–water partition coefficient (Wildman–Crippen LogP) is 3.01. The Morgan fingerprint density at radius 3 is 1.26 bits per heavy atom. The predicted molar refractivity (Wildman–Crippen MR) is 133 cm³/mol. The van der Waals surface area contributed by atoms with Crippen LogP contribution in [-0.2, 0) is 0 Å². The number of rotatable bonds is 4. The number of hydrogen-bond acceptors (Lipinski definition) is 5. The van der Waals surface area contributed by atoms with Crippen LogP contribution >= 0.6 is 0 Å². The maximum Gasteiger partial charge on any atom is 0.272 e. The summed E-state index contributed by atoms with van der Waals surface area (Å²) in [5.74, 6) is -0.229. The van der Waals surface area contributed by atoms with E-state index in [2.05, 4.69) is 39.0 Å². The molecule has 2 aliphatic rings. The van der Waals surface area contributed by atoms with Gasteiger partial charge in [0.2, 0.25) is 0 Å². The molecule has 174 valence electrons. The molecule has 0 N–H and O–H groups in total. The molecule has 0 aliphatic carbocycles. The average molecular weight is 456 g/mol. The van der Waals surface area contributed by atoms with Crippen molar-refractivity contribution in [1.82, 2.24) is 14.8 Å². The average Bonchev–Trinajstić information content (AvgIpc) is 2.93. The third-order valence-corrected chi connectivity index (χ3v) is 6.56. The Labute approximate surface area is 200 Å². The maximum absolute atomic E-state index is 13.1. The van der Waals surface area contributed by atoms with Crippen molar-refractivity contribution >= 4 is 23.2 Å². The molecule has 0 atom stereocenters. The number of hydrogen-bond donors (Lipinski definition) is 0. The van der Waals surface area contributed by atoms with Gasteiger partial charge < -0.3 is 19.6 Å². The van der Waals surface area contributed by atoms with E-state index >= 15 is 0 Å². The second-order valence-corrected chi connectivity index (χ2v) is 8.64. The number of aromatic nitrogens is 1. The number of carbonyl (C=O) groups excluding carboxylic acids is 2. The van der Waals surface area contributed by atoms with E-state index in [1.54, 1.807) is 18.2 Å². The summed E-state index contributed by atoms with van der Waals surface area (Å²) in [7, 11) is 0. The van der Waals surface area contributed by atoms with Crippen LogP contribution in [0.5, 0.6) is 0 Å². The molecule has 2 saturated heterocycles. The van der Waals surface area contributed by atoms with E-state index in [1.165, 1.54) is 11.4 Å². The van der Waals surface area contributed by atoms with Gasteiger partial charge in [0.1, 0.15) is 11.4 Å². The highest BCUT2D eigenvalue weighted by Gasteiger charge is 2.26. The van der Waals surface area contributed by atoms with Crippen molar-refractivity contribution in [2.75, 3.05) is 62.2 Å². The molecule has 1 aromatic heterocycles. The molecule has 34 heavy (non-hydrogen) atoms. The minimum Gasteiger partial charge on any atom is -0.368 e. The summed E-state index contributed by atoms with van der Waals surface area (Å²) in [4.78, 5) is 38.9. The Balaban J connectivity index is 1.19. The van der Waals surface area contributed by atoms with Crippen molar-refractivity contribution in [1.29, 1.82) is 0 Å². The van der Waals surface area contributed by atoms with Crippen molar-refractivity contribution in [2.45, 2.75) is 0 Å². The van der Waals surface area contributed by atoms with Crippen LogP contribution in [0, 0.1) is 0 Å². The number of pyridine rings is 1. The van der Waals surface area contributed by atoms with Gasteiger partial charge in [0.15, 0.2) is 0 Å². The van der Waals surface area contributed by atoms with Gasteiger partial charge in [-0.2, -0.15) is 0 Å². The topological polar surface area (TPSA) is 60.0 Å². The van der Waals surface area contributed by atoms with Crippen molar-refractivity contribution < 1.29 is 9.59 Å². The first-order valence-electron chi connectivity index (χ1n) is 11.8. The number of benzene rings is 2. The molecular formula is C27H29N5O2. The zero-order valence-corrected chi connectivity index (χ0v) is 19.2. The molecule has 0 unspecified atom stereocenters. The van der Waals surface area contributed by atoms with E-state index in [0.29, 0.717) is 37.6 Å². The molecule has 0 saturated carbocycles. The van der Waals surface area contributed by atoms with Gasteiger partial charge >= 0.3 is 0 Å². The third-order valence-electron chi connectivity index (χ3n) is 6.56. The monoisotopic (exact) mass is 455 g/mol. The summed E-state index contributed by atoms with van der Waals surface area (Å²) >= 11 is 0. The SMILES string of the molecule is O=C(c1cccc(C(=O)N2CCN(c3ccccc3)CC2)n1)N1CCN(c2ccccc2)CC1. The van der Waals surface area contributed by atoms with E-state index in [-0.39, 0.29) is 11.8 Å². The van der Waals surface area contributed by atoms with Gasteiger partial charge in [-0.3, -0.25) is 9.59 Å². The summed E-state index contributed by atoms with van der Waals surface area (Å²) in [6, 6.07) is 25.7. The first kappa shape index (κ1) is 21.9. The van der Waals surface area contributed by atoms with Crippen molar-refractivity contribution in [2.24, 2.45) is 0 Å². The fraction of sp³-hybridized carbons (Fsp3) is 0.296. The molecule has 2 aromatic carbocycles. The molecule has 7 nitrogen and oxygen atoms in total.